The lowest BCUT2D eigenvalue weighted by molar-refractivity contribution is 0.336. The van der Waals surface area contributed by atoms with E-state index in [0.717, 1.165) is 46.1 Å². The summed E-state index contributed by atoms with van der Waals surface area (Å²) in [5.74, 6) is 3.13. The predicted octanol–water partition coefficient (Wildman–Crippen LogP) is 5.79. The number of hydrogen-bond acceptors (Lipinski definition) is 4. The zero-order chi connectivity index (χ0) is 20.5. The van der Waals surface area contributed by atoms with Crippen LogP contribution >= 0.6 is 0 Å². The van der Waals surface area contributed by atoms with Gasteiger partial charge in [-0.05, 0) is 56.5 Å². The lowest BCUT2D eigenvalue weighted by Gasteiger charge is -2.13. The van der Waals surface area contributed by atoms with Gasteiger partial charge in [0.25, 0.3) is 0 Å². The average Bonchev–Trinajstić information content (AvgIpc) is 2.70. The van der Waals surface area contributed by atoms with Crippen LogP contribution in [0.2, 0.25) is 0 Å². The molecule has 0 saturated carbocycles. The van der Waals surface area contributed by atoms with Crippen LogP contribution in [0.4, 0.5) is 0 Å². The molecule has 0 aromatic heterocycles. The maximum atomic E-state index is 5.64. The first kappa shape index (κ1) is 21.4. The van der Waals surface area contributed by atoms with E-state index < -0.39 is 0 Å². The summed E-state index contributed by atoms with van der Waals surface area (Å²) in [6.45, 7) is 6.76. The molecule has 4 heteroatoms. The third-order valence-corrected chi connectivity index (χ3v) is 4.29. The van der Waals surface area contributed by atoms with Crippen LogP contribution in [0.5, 0.6) is 23.0 Å². The third-order valence-electron chi connectivity index (χ3n) is 4.29. The normalized spacial score (nSPS) is 10.6. The van der Waals surface area contributed by atoms with Crippen molar-refractivity contribution in [2.24, 2.45) is 0 Å². The quantitative estimate of drug-likeness (QED) is 0.406. The molecule has 0 amide bonds. The Kier molecular flexibility index (Phi) is 8.00. The number of benzene rings is 2. The molecule has 0 aliphatic rings. The van der Waals surface area contributed by atoms with E-state index in [1.807, 2.05) is 43.3 Å². The molecule has 0 spiro atoms. The summed E-state index contributed by atoms with van der Waals surface area (Å²) >= 11 is 0. The van der Waals surface area contributed by atoms with Gasteiger partial charge in [0.1, 0.15) is 23.0 Å². The highest BCUT2D eigenvalue weighted by Gasteiger charge is 2.10. The van der Waals surface area contributed by atoms with Gasteiger partial charge in [0, 0.05) is 17.7 Å². The maximum absolute atomic E-state index is 5.64. The molecule has 0 N–H and O–H groups in total. The monoisotopic (exact) mass is 382 g/mol. The van der Waals surface area contributed by atoms with E-state index in [2.05, 4.69) is 26.0 Å². The van der Waals surface area contributed by atoms with E-state index >= 15 is 0 Å². The van der Waals surface area contributed by atoms with Crippen molar-refractivity contribution in [2.45, 2.75) is 27.2 Å². The minimum atomic E-state index is 0.607. The van der Waals surface area contributed by atoms with Gasteiger partial charge in [-0.15, -0.1) is 0 Å². The maximum Gasteiger partial charge on any atom is 0.126 e. The van der Waals surface area contributed by atoms with Gasteiger partial charge in [0.2, 0.25) is 0 Å². The fourth-order valence-electron chi connectivity index (χ4n) is 2.86. The first-order valence-corrected chi connectivity index (χ1v) is 9.38. The fraction of sp³-hybridized carbons (Fsp3) is 0.333. The topological polar surface area (TPSA) is 36.9 Å². The summed E-state index contributed by atoms with van der Waals surface area (Å²) in [7, 11) is 5.00. The van der Waals surface area contributed by atoms with Gasteiger partial charge in [-0.1, -0.05) is 23.8 Å². The molecule has 2 rings (SSSR count). The highest BCUT2D eigenvalue weighted by atomic mass is 16.5. The van der Waals surface area contributed by atoms with Crippen LogP contribution in [0.25, 0.3) is 12.2 Å². The molecule has 2 aromatic rings. The Balaban J connectivity index is 2.48. The van der Waals surface area contributed by atoms with Crippen molar-refractivity contribution in [3.63, 3.8) is 0 Å². The molecule has 0 unspecified atom stereocenters. The van der Waals surface area contributed by atoms with Gasteiger partial charge in [0.15, 0.2) is 0 Å². The SMILES string of the molecule is CCOc1cc(/C=C/c2cc(OC)cc(OC)c2CC=C(C)C)cc(OC)c1. The molecule has 0 aliphatic carbocycles. The van der Waals surface area contributed by atoms with Gasteiger partial charge in [-0.2, -0.15) is 0 Å². The van der Waals surface area contributed by atoms with Crippen LogP contribution in [-0.2, 0) is 6.42 Å². The smallest absolute Gasteiger partial charge is 0.126 e. The lowest BCUT2D eigenvalue weighted by Crippen LogP contribution is -1.97. The standard InChI is InChI=1S/C24H30O4/c1-7-28-22-13-18(12-20(15-22)25-4)9-10-19-14-21(26-5)16-24(27-6)23(19)11-8-17(2)3/h8-10,12-16H,7,11H2,1-6H3/b10-9+. The van der Waals surface area contributed by atoms with Crippen LogP contribution in [0, 0.1) is 0 Å². The van der Waals surface area contributed by atoms with Crippen molar-refractivity contribution in [1.82, 2.24) is 0 Å². The van der Waals surface area contributed by atoms with Gasteiger partial charge in [-0.3, -0.25) is 0 Å². The molecule has 4 nitrogen and oxygen atoms in total. The molecule has 0 aliphatic heterocycles. The van der Waals surface area contributed by atoms with E-state index in [0.29, 0.717) is 6.61 Å². The summed E-state index contributed by atoms with van der Waals surface area (Å²) in [4.78, 5) is 0. The van der Waals surface area contributed by atoms with Crippen LogP contribution in [0.15, 0.2) is 42.0 Å². The van der Waals surface area contributed by atoms with Crippen LogP contribution < -0.4 is 18.9 Å². The summed E-state index contributed by atoms with van der Waals surface area (Å²) in [6.07, 6.45) is 7.10. The molecular weight excluding hydrogens is 352 g/mol. The first-order chi connectivity index (χ1) is 13.5. The van der Waals surface area contributed by atoms with Gasteiger partial charge in [0.05, 0.1) is 27.9 Å². The van der Waals surface area contributed by atoms with Gasteiger partial charge < -0.3 is 18.9 Å². The zero-order valence-electron chi connectivity index (χ0n) is 17.7. The fourth-order valence-corrected chi connectivity index (χ4v) is 2.86. The summed E-state index contributed by atoms with van der Waals surface area (Å²) in [6, 6.07) is 9.80. The highest BCUT2D eigenvalue weighted by Crippen LogP contribution is 2.32. The van der Waals surface area contributed by atoms with E-state index in [9.17, 15) is 0 Å². The summed E-state index contributed by atoms with van der Waals surface area (Å²) in [5, 5.41) is 0. The second kappa shape index (κ2) is 10.5. The minimum Gasteiger partial charge on any atom is -0.497 e. The lowest BCUT2D eigenvalue weighted by atomic mass is 10.00. The van der Waals surface area contributed by atoms with E-state index in [4.69, 9.17) is 18.9 Å². The molecule has 0 heterocycles. The van der Waals surface area contributed by atoms with Crippen LogP contribution in [0.1, 0.15) is 37.5 Å². The molecule has 0 saturated heterocycles. The highest BCUT2D eigenvalue weighted by molar-refractivity contribution is 5.74. The number of allylic oxidation sites excluding steroid dienone is 2. The molecule has 0 fully saturated rings. The van der Waals surface area contributed by atoms with Crippen LogP contribution in [0.3, 0.4) is 0 Å². The molecule has 28 heavy (non-hydrogen) atoms. The summed E-state index contributed by atoms with van der Waals surface area (Å²) in [5.41, 5.74) is 4.43. The van der Waals surface area contributed by atoms with Crippen molar-refractivity contribution >= 4 is 12.2 Å². The number of methoxy groups -OCH3 is 3. The van der Waals surface area contributed by atoms with Gasteiger partial charge >= 0.3 is 0 Å². The number of rotatable bonds is 9. The van der Waals surface area contributed by atoms with Crippen LogP contribution in [-0.4, -0.2) is 27.9 Å². The molecule has 150 valence electrons. The molecule has 0 atom stereocenters. The third kappa shape index (κ3) is 5.81. The second-order valence-electron chi connectivity index (χ2n) is 6.59. The minimum absolute atomic E-state index is 0.607. The molecule has 0 bridgehead atoms. The molecule has 0 radical (unpaired) electrons. The largest absolute Gasteiger partial charge is 0.497 e. The summed E-state index contributed by atoms with van der Waals surface area (Å²) < 4.78 is 22.1. The average molecular weight is 383 g/mol. The zero-order valence-corrected chi connectivity index (χ0v) is 17.7. The number of ether oxygens (including phenoxy) is 4. The van der Waals surface area contributed by atoms with Crippen molar-refractivity contribution in [3.8, 4) is 23.0 Å². The Morgan fingerprint density at radius 2 is 1.50 bits per heavy atom. The van der Waals surface area contributed by atoms with E-state index in [-0.39, 0.29) is 0 Å². The Morgan fingerprint density at radius 3 is 2.11 bits per heavy atom. The second-order valence-corrected chi connectivity index (χ2v) is 6.59. The van der Waals surface area contributed by atoms with E-state index in [1.165, 1.54) is 5.57 Å². The Labute approximate surface area is 168 Å². The Bertz CT molecular complexity index is 846. The Morgan fingerprint density at radius 1 is 0.821 bits per heavy atom. The molecule has 2 aromatic carbocycles. The Hall–Kier alpha value is -2.88. The van der Waals surface area contributed by atoms with Crippen molar-refractivity contribution in [1.29, 1.82) is 0 Å². The van der Waals surface area contributed by atoms with E-state index in [1.54, 1.807) is 21.3 Å². The van der Waals surface area contributed by atoms with Crippen molar-refractivity contribution < 1.29 is 18.9 Å². The number of hydrogen-bond donors (Lipinski definition) is 0. The van der Waals surface area contributed by atoms with Crippen molar-refractivity contribution in [2.75, 3.05) is 27.9 Å². The van der Waals surface area contributed by atoms with Gasteiger partial charge in [-0.25, -0.2) is 0 Å². The predicted molar refractivity (Wildman–Crippen MR) is 116 cm³/mol. The molecular formula is C24H30O4. The first-order valence-electron chi connectivity index (χ1n) is 9.38. The van der Waals surface area contributed by atoms with Crippen molar-refractivity contribution in [3.05, 3.63) is 58.7 Å².